The second kappa shape index (κ2) is 5.63. The van der Waals surface area contributed by atoms with E-state index in [4.69, 9.17) is 4.98 Å². The van der Waals surface area contributed by atoms with Crippen molar-refractivity contribution in [3.8, 4) is 10.4 Å². The fourth-order valence-corrected chi connectivity index (χ4v) is 4.33. The van der Waals surface area contributed by atoms with Crippen molar-refractivity contribution in [2.24, 2.45) is 0 Å². The summed E-state index contributed by atoms with van der Waals surface area (Å²) in [5.41, 5.74) is 3.24. The van der Waals surface area contributed by atoms with Gasteiger partial charge in [-0.25, -0.2) is 4.98 Å². The Morgan fingerprint density at radius 1 is 1.08 bits per heavy atom. The predicted molar refractivity (Wildman–Crippen MR) is 99.1 cm³/mol. The number of rotatable bonds is 3. The monoisotopic (exact) mass is 345 g/mol. The van der Waals surface area contributed by atoms with Gasteiger partial charge in [0.05, 0.1) is 10.6 Å². The largest absolute Gasteiger partial charge is 0.269 e. The molecule has 0 radical (unpaired) electrons. The molecule has 25 heavy (non-hydrogen) atoms. The van der Waals surface area contributed by atoms with Gasteiger partial charge in [0.15, 0.2) is 4.96 Å². The summed E-state index contributed by atoms with van der Waals surface area (Å²) in [6.45, 7) is 0. The maximum atomic E-state index is 12.5. The van der Waals surface area contributed by atoms with Crippen LogP contribution in [0.1, 0.15) is 29.5 Å². The van der Waals surface area contributed by atoms with Gasteiger partial charge in [-0.3, -0.25) is 14.2 Å². The topological polar surface area (TPSA) is 47.3 Å². The highest BCUT2D eigenvalue weighted by Crippen LogP contribution is 2.53. The number of hydrogen-bond acceptors (Lipinski definition) is 4. The highest BCUT2D eigenvalue weighted by molar-refractivity contribution is 7.20. The summed E-state index contributed by atoms with van der Waals surface area (Å²) in [5, 5.41) is 0. The minimum Gasteiger partial charge on any atom is -0.269 e. The Kier molecular flexibility index (Phi) is 3.28. The number of thiazole rings is 1. The smallest absolute Gasteiger partial charge is 0.258 e. The maximum Gasteiger partial charge on any atom is 0.258 e. The van der Waals surface area contributed by atoms with Gasteiger partial charge in [0.2, 0.25) is 0 Å². The third-order valence-electron chi connectivity index (χ3n) is 4.73. The summed E-state index contributed by atoms with van der Waals surface area (Å²) in [7, 11) is 0. The van der Waals surface area contributed by atoms with Gasteiger partial charge < -0.3 is 0 Å². The normalized spacial score (nSPS) is 19.2. The molecule has 1 aliphatic carbocycles. The minimum absolute atomic E-state index is 0.00438. The zero-order valence-electron chi connectivity index (χ0n) is 13.4. The molecule has 1 fully saturated rings. The Balaban J connectivity index is 1.53. The summed E-state index contributed by atoms with van der Waals surface area (Å²) < 4.78 is 1.65. The van der Waals surface area contributed by atoms with E-state index in [0.717, 1.165) is 27.5 Å². The van der Waals surface area contributed by atoms with Crippen LogP contribution in [0.2, 0.25) is 0 Å². The molecule has 4 aromatic rings. The van der Waals surface area contributed by atoms with E-state index in [-0.39, 0.29) is 5.56 Å². The number of hydrogen-bond donors (Lipinski definition) is 0. The molecule has 0 bridgehead atoms. The van der Waals surface area contributed by atoms with Crippen molar-refractivity contribution in [2.45, 2.75) is 18.3 Å². The van der Waals surface area contributed by atoms with Gasteiger partial charge in [-0.15, -0.1) is 0 Å². The fourth-order valence-electron chi connectivity index (χ4n) is 3.33. The van der Waals surface area contributed by atoms with Gasteiger partial charge in [-0.2, -0.15) is 0 Å². The summed E-state index contributed by atoms with van der Waals surface area (Å²) in [6.07, 6.45) is 6.62. The van der Waals surface area contributed by atoms with Crippen LogP contribution in [-0.2, 0) is 0 Å². The van der Waals surface area contributed by atoms with E-state index in [2.05, 4.69) is 23.2 Å². The van der Waals surface area contributed by atoms with Crippen LogP contribution in [0.3, 0.4) is 0 Å². The molecule has 0 aliphatic heterocycles. The van der Waals surface area contributed by atoms with Gasteiger partial charge in [0.1, 0.15) is 0 Å². The fraction of sp³-hybridized carbons (Fsp3) is 0.150. The second-order valence-electron chi connectivity index (χ2n) is 6.37. The summed E-state index contributed by atoms with van der Waals surface area (Å²) in [6, 6.07) is 15.9. The van der Waals surface area contributed by atoms with Gasteiger partial charge >= 0.3 is 0 Å². The van der Waals surface area contributed by atoms with Crippen LogP contribution >= 0.6 is 11.3 Å². The molecule has 3 aromatic heterocycles. The molecular formula is C20H15N3OS. The first-order chi connectivity index (χ1) is 12.3. The van der Waals surface area contributed by atoms with Crippen LogP contribution in [-0.4, -0.2) is 14.4 Å². The SMILES string of the molecule is O=c1cc(C2CC2c2cccnc2)nc2sc(-c3ccccc3)cn12. The zero-order chi connectivity index (χ0) is 16.8. The third-order valence-corrected chi connectivity index (χ3v) is 5.76. The molecule has 2 unspecified atom stereocenters. The van der Waals surface area contributed by atoms with Crippen molar-refractivity contribution < 1.29 is 0 Å². The zero-order valence-corrected chi connectivity index (χ0v) is 14.2. The highest BCUT2D eigenvalue weighted by Gasteiger charge is 2.41. The Morgan fingerprint density at radius 2 is 1.96 bits per heavy atom. The number of pyridine rings is 1. The molecule has 1 aromatic carbocycles. The first kappa shape index (κ1) is 14.5. The Bertz CT molecular complexity index is 1100. The second-order valence-corrected chi connectivity index (χ2v) is 7.38. The van der Waals surface area contributed by atoms with Crippen molar-refractivity contribution in [2.75, 3.05) is 0 Å². The predicted octanol–water partition coefficient (Wildman–Crippen LogP) is 4.09. The minimum atomic E-state index is -0.00438. The van der Waals surface area contributed by atoms with Crippen LogP contribution in [0.15, 0.2) is 71.9 Å². The number of nitrogens with zero attached hydrogens (tertiary/aromatic N) is 3. The molecule has 0 N–H and O–H groups in total. The molecule has 1 aliphatic rings. The van der Waals surface area contributed by atoms with Crippen molar-refractivity contribution in [3.63, 3.8) is 0 Å². The van der Waals surface area contributed by atoms with E-state index < -0.39 is 0 Å². The molecule has 0 amide bonds. The summed E-state index contributed by atoms with van der Waals surface area (Å²) in [4.78, 5) is 23.3. The quantitative estimate of drug-likeness (QED) is 0.562. The average molecular weight is 345 g/mol. The Morgan fingerprint density at radius 3 is 2.76 bits per heavy atom. The van der Waals surface area contributed by atoms with Crippen molar-refractivity contribution in [1.82, 2.24) is 14.4 Å². The molecule has 3 heterocycles. The lowest BCUT2D eigenvalue weighted by atomic mass is 10.1. The first-order valence-corrected chi connectivity index (χ1v) is 9.10. The maximum absolute atomic E-state index is 12.5. The standard InChI is InChI=1S/C20H15N3OS/c24-19-10-17(16-9-15(16)14-7-4-8-21-11-14)22-20-23(19)12-18(25-20)13-5-2-1-3-6-13/h1-8,10-12,15-16H,9H2. The van der Waals surface area contributed by atoms with E-state index in [9.17, 15) is 4.79 Å². The van der Waals surface area contributed by atoms with Crippen LogP contribution in [0.25, 0.3) is 15.4 Å². The molecule has 0 saturated heterocycles. The van der Waals surface area contributed by atoms with E-state index in [1.54, 1.807) is 28.0 Å². The third kappa shape index (κ3) is 2.57. The summed E-state index contributed by atoms with van der Waals surface area (Å²) >= 11 is 1.56. The van der Waals surface area contributed by atoms with Crippen LogP contribution < -0.4 is 5.56 Å². The lowest BCUT2D eigenvalue weighted by Crippen LogP contribution is -2.12. The number of aromatic nitrogens is 3. The molecule has 5 rings (SSSR count). The molecule has 2 atom stereocenters. The van der Waals surface area contributed by atoms with Gasteiger partial charge in [0, 0.05) is 30.6 Å². The van der Waals surface area contributed by atoms with Crippen molar-refractivity contribution in [3.05, 3.63) is 88.7 Å². The Hall–Kier alpha value is -2.79. The highest BCUT2D eigenvalue weighted by atomic mass is 32.1. The molecule has 5 heteroatoms. The molecule has 122 valence electrons. The number of benzene rings is 1. The molecule has 0 spiro atoms. The van der Waals surface area contributed by atoms with Crippen LogP contribution in [0.4, 0.5) is 0 Å². The first-order valence-electron chi connectivity index (χ1n) is 8.28. The van der Waals surface area contributed by atoms with Gasteiger partial charge in [0.25, 0.3) is 5.56 Å². The van der Waals surface area contributed by atoms with E-state index in [1.807, 2.05) is 36.7 Å². The van der Waals surface area contributed by atoms with Crippen molar-refractivity contribution in [1.29, 1.82) is 0 Å². The lowest BCUT2D eigenvalue weighted by molar-refractivity contribution is 0.936. The number of fused-ring (bicyclic) bond motifs is 1. The molecular weight excluding hydrogens is 330 g/mol. The summed E-state index contributed by atoms with van der Waals surface area (Å²) in [5.74, 6) is 0.751. The van der Waals surface area contributed by atoms with E-state index in [0.29, 0.717) is 11.8 Å². The van der Waals surface area contributed by atoms with E-state index >= 15 is 0 Å². The van der Waals surface area contributed by atoms with Gasteiger partial charge in [-0.1, -0.05) is 47.7 Å². The molecule has 4 nitrogen and oxygen atoms in total. The molecule has 1 saturated carbocycles. The Labute approximate surface area is 148 Å². The van der Waals surface area contributed by atoms with Crippen molar-refractivity contribution >= 4 is 16.3 Å². The van der Waals surface area contributed by atoms with Crippen LogP contribution in [0.5, 0.6) is 0 Å². The van der Waals surface area contributed by atoms with E-state index in [1.165, 1.54) is 5.56 Å². The average Bonchev–Trinajstić information content (AvgIpc) is 3.35. The van der Waals surface area contributed by atoms with Crippen LogP contribution in [0, 0.1) is 0 Å². The van der Waals surface area contributed by atoms with Gasteiger partial charge in [-0.05, 0) is 29.5 Å². The lowest BCUT2D eigenvalue weighted by Gasteiger charge is -2.00.